The monoisotopic (exact) mass is 369 g/mol. The summed E-state index contributed by atoms with van der Waals surface area (Å²) in [6.07, 6.45) is 0. The van der Waals surface area contributed by atoms with E-state index in [1.165, 1.54) is 25.1 Å². The van der Waals surface area contributed by atoms with Gasteiger partial charge in [-0.2, -0.15) is 0 Å². The average Bonchev–Trinajstić information content (AvgIpc) is 2.40. The quantitative estimate of drug-likeness (QED) is 0.431. The van der Waals surface area contributed by atoms with Gasteiger partial charge in [0.15, 0.2) is 5.78 Å². The second kappa shape index (κ2) is 6.24. The molecule has 21 heavy (non-hydrogen) atoms. The fourth-order valence-electron chi connectivity index (χ4n) is 1.64. The molecule has 0 aliphatic rings. The van der Waals surface area contributed by atoms with Crippen molar-refractivity contribution in [3.8, 4) is 11.5 Å². The summed E-state index contributed by atoms with van der Waals surface area (Å²) < 4.78 is 6.05. The molecule has 0 bridgehead atoms. The third-order valence-corrected chi connectivity index (χ3v) is 3.53. The standard InChI is InChI=1S/C14H9BrClNO4/c1-8(18)9-2-5-13(11(15)6-9)21-14-7-10(16)3-4-12(14)17(19)20/h2-7H,1H3. The highest BCUT2D eigenvalue weighted by molar-refractivity contribution is 9.10. The van der Waals surface area contributed by atoms with E-state index in [2.05, 4.69) is 15.9 Å². The third-order valence-electron chi connectivity index (χ3n) is 2.68. The molecule has 0 heterocycles. The number of ether oxygens (including phenoxy) is 1. The Balaban J connectivity index is 2.40. The van der Waals surface area contributed by atoms with Gasteiger partial charge >= 0.3 is 5.69 Å². The number of nitro benzene ring substituents is 1. The maximum Gasteiger partial charge on any atom is 0.311 e. The van der Waals surface area contributed by atoms with Crippen LogP contribution in [-0.4, -0.2) is 10.7 Å². The Morgan fingerprint density at radius 2 is 1.95 bits per heavy atom. The number of hydrogen-bond donors (Lipinski definition) is 0. The van der Waals surface area contributed by atoms with E-state index < -0.39 is 4.92 Å². The van der Waals surface area contributed by atoms with E-state index in [0.717, 1.165) is 0 Å². The lowest BCUT2D eigenvalue weighted by atomic mass is 10.1. The van der Waals surface area contributed by atoms with Crippen molar-refractivity contribution in [1.29, 1.82) is 0 Å². The van der Waals surface area contributed by atoms with Crippen molar-refractivity contribution in [3.05, 3.63) is 61.6 Å². The lowest BCUT2D eigenvalue weighted by Gasteiger charge is -2.09. The first-order valence-corrected chi connectivity index (χ1v) is 6.98. The van der Waals surface area contributed by atoms with Crippen LogP contribution in [0.25, 0.3) is 0 Å². The van der Waals surface area contributed by atoms with Gasteiger partial charge in [-0.15, -0.1) is 0 Å². The number of benzene rings is 2. The van der Waals surface area contributed by atoms with Crippen LogP contribution in [0.5, 0.6) is 11.5 Å². The van der Waals surface area contributed by atoms with Gasteiger partial charge in [-0.25, -0.2) is 0 Å². The summed E-state index contributed by atoms with van der Waals surface area (Å²) >= 11 is 9.11. The van der Waals surface area contributed by atoms with Gasteiger partial charge in [-0.3, -0.25) is 14.9 Å². The number of rotatable bonds is 4. The van der Waals surface area contributed by atoms with Gasteiger partial charge in [0.05, 0.1) is 9.40 Å². The second-order valence-corrected chi connectivity index (χ2v) is 5.46. The largest absolute Gasteiger partial charge is 0.449 e. The Morgan fingerprint density at radius 3 is 2.52 bits per heavy atom. The SMILES string of the molecule is CC(=O)c1ccc(Oc2cc(Cl)ccc2[N+](=O)[O-])c(Br)c1. The molecule has 0 saturated carbocycles. The maximum absolute atomic E-state index is 11.3. The van der Waals surface area contributed by atoms with Crippen LogP contribution in [0.1, 0.15) is 17.3 Å². The fourth-order valence-corrected chi connectivity index (χ4v) is 2.26. The summed E-state index contributed by atoms with van der Waals surface area (Å²) in [5.41, 5.74) is 0.316. The minimum Gasteiger partial charge on any atom is -0.449 e. The van der Waals surface area contributed by atoms with E-state index >= 15 is 0 Å². The lowest BCUT2D eigenvalue weighted by molar-refractivity contribution is -0.385. The molecule has 108 valence electrons. The van der Waals surface area contributed by atoms with Gasteiger partial charge in [0.2, 0.25) is 5.75 Å². The van der Waals surface area contributed by atoms with Crippen LogP contribution >= 0.6 is 27.5 Å². The molecule has 0 atom stereocenters. The molecule has 2 aromatic rings. The molecule has 2 aromatic carbocycles. The topological polar surface area (TPSA) is 69.4 Å². The number of carbonyl (C=O) groups is 1. The number of halogens is 2. The smallest absolute Gasteiger partial charge is 0.311 e. The lowest BCUT2D eigenvalue weighted by Crippen LogP contribution is -1.96. The molecule has 5 nitrogen and oxygen atoms in total. The Kier molecular flexibility index (Phi) is 4.59. The number of carbonyl (C=O) groups excluding carboxylic acids is 1. The molecule has 7 heteroatoms. The third kappa shape index (κ3) is 3.59. The van der Waals surface area contributed by atoms with E-state index in [4.69, 9.17) is 16.3 Å². The van der Waals surface area contributed by atoms with Gasteiger partial charge in [0, 0.05) is 22.7 Å². The molecule has 0 aliphatic heterocycles. The molecule has 0 aliphatic carbocycles. The van der Waals surface area contributed by atoms with E-state index in [1.807, 2.05) is 0 Å². The Morgan fingerprint density at radius 1 is 1.24 bits per heavy atom. The number of nitro groups is 1. The van der Waals surface area contributed by atoms with Crippen LogP contribution in [0.15, 0.2) is 40.9 Å². The number of ketones is 1. The van der Waals surface area contributed by atoms with Crippen molar-refractivity contribution in [2.45, 2.75) is 6.92 Å². The number of hydrogen-bond acceptors (Lipinski definition) is 4. The molecular formula is C14H9BrClNO4. The Hall–Kier alpha value is -1.92. The van der Waals surface area contributed by atoms with Crippen molar-refractivity contribution < 1.29 is 14.5 Å². The van der Waals surface area contributed by atoms with Gasteiger partial charge < -0.3 is 4.74 Å². The molecule has 0 N–H and O–H groups in total. The first kappa shape index (κ1) is 15.5. The van der Waals surface area contributed by atoms with Crippen molar-refractivity contribution in [3.63, 3.8) is 0 Å². The zero-order chi connectivity index (χ0) is 15.6. The van der Waals surface area contributed by atoms with Crippen molar-refractivity contribution in [1.82, 2.24) is 0 Å². The molecular weight excluding hydrogens is 362 g/mol. The molecule has 0 spiro atoms. The summed E-state index contributed by atoms with van der Waals surface area (Å²) in [6, 6.07) is 8.79. The number of Topliss-reactive ketones (excluding diaryl/α,β-unsaturated/α-hetero) is 1. The number of nitrogens with zero attached hydrogens (tertiary/aromatic N) is 1. The molecule has 0 unspecified atom stereocenters. The molecule has 0 aromatic heterocycles. The van der Waals surface area contributed by atoms with Crippen molar-refractivity contribution >= 4 is 39.0 Å². The van der Waals surface area contributed by atoms with Crippen LogP contribution in [0.4, 0.5) is 5.69 Å². The second-order valence-electron chi connectivity index (χ2n) is 4.17. The van der Waals surface area contributed by atoms with Crippen molar-refractivity contribution in [2.24, 2.45) is 0 Å². The van der Waals surface area contributed by atoms with E-state index in [9.17, 15) is 14.9 Å². The normalized spacial score (nSPS) is 10.2. The summed E-state index contributed by atoms with van der Waals surface area (Å²) in [4.78, 5) is 21.7. The van der Waals surface area contributed by atoms with E-state index in [0.29, 0.717) is 20.8 Å². The molecule has 0 saturated heterocycles. The predicted octanol–water partition coefficient (Wildman–Crippen LogP) is 5.01. The minimum atomic E-state index is -0.552. The zero-order valence-electron chi connectivity index (χ0n) is 10.8. The fraction of sp³-hybridized carbons (Fsp3) is 0.0714. The highest BCUT2D eigenvalue weighted by Crippen LogP contribution is 2.37. The first-order chi connectivity index (χ1) is 9.88. The predicted molar refractivity (Wildman–Crippen MR) is 82.3 cm³/mol. The summed E-state index contributed by atoms with van der Waals surface area (Å²) in [5.74, 6) is 0.296. The molecule has 0 amide bonds. The maximum atomic E-state index is 11.3. The van der Waals surface area contributed by atoms with E-state index in [-0.39, 0.29) is 17.2 Å². The minimum absolute atomic E-state index is 0.0313. The molecule has 0 radical (unpaired) electrons. The highest BCUT2D eigenvalue weighted by Gasteiger charge is 2.17. The molecule has 2 rings (SSSR count). The van der Waals surface area contributed by atoms with E-state index in [1.54, 1.807) is 18.2 Å². The van der Waals surface area contributed by atoms with Gasteiger partial charge in [0.25, 0.3) is 0 Å². The van der Waals surface area contributed by atoms with Crippen LogP contribution in [-0.2, 0) is 0 Å². The average molecular weight is 371 g/mol. The van der Waals surface area contributed by atoms with Crippen LogP contribution in [0.3, 0.4) is 0 Å². The summed E-state index contributed by atoms with van der Waals surface area (Å²) in [6.45, 7) is 1.45. The van der Waals surface area contributed by atoms with Gasteiger partial charge in [0.1, 0.15) is 5.75 Å². The van der Waals surface area contributed by atoms with Gasteiger partial charge in [-0.1, -0.05) is 11.6 Å². The van der Waals surface area contributed by atoms with Gasteiger partial charge in [-0.05, 0) is 47.1 Å². The van der Waals surface area contributed by atoms with Crippen LogP contribution in [0, 0.1) is 10.1 Å². The highest BCUT2D eigenvalue weighted by atomic mass is 79.9. The Bertz CT molecular complexity index is 733. The summed E-state index contributed by atoms with van der Waals surface area (Å²) in [5, 5.41) is 11.3. The zero-order valence-corrected chi connectivity index (χ0v) is 13.1. The summed E-state index contributed by atoms with van der Waals surface area (Å²) in [7, 11) is 0. The van der Waals surface area contributed by atoms with Crippen molar-refractivity contribution in [2.75, 3.05) is 0 Å². The van der Waals surface area contributed by atoms with Crippen LogP contribution in [0.2, 0.25) is 5.02 Å². The molecule has 0 fully saturated rings. The Labute approximate surface area is 133 Å². The first-order valence-electron chi connectivity index (χ1n) is 5.81. The van der Waals surface area contributed by atoms with Crippen LogP contribution < -0.4 is 4.74 Å².